The highest BCUT2D eigenvalue weighted by molar-refractivity contribution is 6.04. The van der Waals surface area contributed by atoms with Crippen LogP contribution in [0.2, 0.25) is 0 Å². The van der Waals surface area contributed by atoms with Crippen LogP contribution >= 0.6 is 0 Å². The molecule has 0 fully saturated rings. The first-order valence-corrected chi connectivity index (χ1v) is 7.53. The van der Waals surface area contributed by atoms with Gasteiger partial charge in [-0.1, -0.05) is 0 Å². The third-order valence-corrected chi connectivity index (χ3v) is 3.33. The number of anilines is 1. The van der Waals surface area contributed by atoms with Crippen molar-refractivity contribution in [1.82, 2.24) is 5.32 Å². The zero-order valence-electron chi connectivity index (χ0n) is 13.7. The van der Waals surface area contributed by atoms with Gasteiger partial charge in [0.05, 0.1) is 6.04 Å². The molecule has 1 unspecified atom stereocenters. The molecule has 136 valence electrons. The highest BCUT2D eigenvalue weighted by Gasteiger charge is 2.14. The van der Waals surface area contributed by atoms with Gasteiger partial charge in [0.15, 0.2) is 5.76 Å². The lowest BCUT2D eigenvalue weighted by Gasteiger charge is -2.15. The molecule has 1 atom stereocenters. The second-order valence-electron chi connectivity index (χ2n) is 5.27. The fraction of sp³-hybridized carbons (Fsp3) is 0.111. The molecule has 0 aliphatic heterocycles. The maximum absolute atomic E-state index is 12.9. The Hall–Kier alpha value is -3.42. The summed E-state index contributed by atoms with van der Waals surface area (Å²) < 4.78 is 31.0. The number of carboxylic acid groups (broad SMARTS) is 1. The predicted octanol–water partition coefficient (Wildman–Crippen LogP) is 3.92. The molecule has 2 amide bonds. The quantitative estimate of drug-likeness (QED) is 0.680. The van der Waals surface area contributed by atoms with E-state index in [2.05, 4.69) is 10.6 Å². The first kappa shape index (κ1) is 18.9. The van der Waals surface area contributed by atoms with Crippen LogP contribution in [0.15, 0.2) is 60.6 Å². The Morgan fingerprint density at radius 2 is 1.73 bits per heavy atom. The van der Waals surface area contributed by atoms with E-state index < -0.39 is 23.9 Å². The summed E-state index contributed by atoms with van der Waals surface area (Å²) >= 11 is 0. The molecule has 26 heavy (non-hydrogen) atoms. The molecule has 6 nitrogen and oxygen atoms in total. The molecule has 0 aliphatic rings. The van der Waals surface area contributed by atoms with Crippen molar-refractivity contribution in [3.05, 3.63) is 72.0 Å². The van der Waals surface area contributed by atoms with Gasteiger partial charge in [-0.3, -0.25) is 4.79 Å². The summed E-state index contributed by atoms with van der Waals surface area (Å²) in [6, 6.07) is 10.2. The molecule has 0 bridgehead atoms. The van der Waals surface area contributed by atoms with Crippen LogP contribution in [0.3, 0.4) is 0 Å². The maximum atomic E-state index is 12.9. The normalized spacial score (nSPS) is 12.2. The minimum atomic E-state index is -1.31. The molecule has 2 aromatic rings. The molecular weight excluding hydrogens is 346 g/mol. The van der Waals surface area contributed by atoms with E-state index in [1.807, 2.05) is 0 Å². The van der Waals surface area contributed by atoms with Gasteiger partial charge in [0.25, 0.3) is 5.91 Å². The molecular formula is C18H16F2N2O4. The zero-order valence-corrected chi connectivity index (χ0v) is 13.7. The van der Waals surface area contributed by atoms with Crippen molar-refractivity contribution in [3.63, 3.8) is 0 Å². The molecule has 2 rings (SSSR count). The van der Waals surface area contributed by atoms with Crippen LogP contribution in [0.1, 0.15) is 17.3 Å². The Bertz CT molecular complexity index is 805. The van der Waals surface area contributed by atoms with Crippen molar-refractivity contribution in [2.75, 3.05) is 5.32 Å². The van der Waals surface area contributed by atoms with Crippen molar-refractivity contribution in [1.29, 1.82) is 0 Å². The van der Waals surface area contributed by atoms with Gasteiger partial charge in [-0.2, -0.15) is 0 Å². The Morgan fingerprint density at radius 3 is 2.27 bits per heavy atom. The van der Waals surface area contributed by atoms with Gasteiger partial charge in [-0.05, 0) is 55.5 Å². The van der Waals surface area contributed by atoms with E-state index in [4.69, 9.17) is 9.84 Å². The largest absolute Gasteiger partial charge is 0.465 e. The summed E-state index contributed by atoms with van der Waals surface area (Å²) in [4.78, 5) is 22.7. The molecule has 0 radical (unpaired) electrons. The molecule has 0 saturated carbocycles. The van der Waals surface area contributed by atoms with Crippen molar-refractivity contribution in [2.24, 2.45) is 0 Å². The molecule has 0 spiro atoms. The van der Waals surface area contributed by atoms with Crippen LogP contribution in [0, 0.1) is 5.82 Å². The molecule has 0 saturated heterocycles. The summed E-state index contributed by atoms with van der Waals surface area (Å²) in [7, 11) is 0. The van der Waals surface area contributed by atoms with Crippen LogP contribution in [0.5, 0.6) is 5.75 Å². The van der Waals surface area contributed by atoms with Gasteiger partial charge < -0.3 is 20.5 Å². The van der Waals surface area contributed by atoms with Crippen LogP contribution in [0.4, 0.5) is 19.3 Å². The van der Waals surface area contributed by atoms with Gasteiger partial charge in [0.2, 0.25) is 0 Å². The smallest absolute Gasteiger partial charge is 0.405 e. The van der Waals surface area contributed by atoms with E-state index >= 15 is 0 Å². The maximum Gasteiger partial charge on any atom is 0.405 e. The van der Waals surface area contributed by atoms with Crippen LogP contribution in [-0.2, 0) is 0 Å². The number of carbonyl (C=O) groups excluding carboxylic acids is 1. The summed E-state index contributed by atoms with van der Waals surface area (Å²) in [5.41, 5.74) is 0.747. The Labute approximate surface area is 148 Å². The van der Waals surface area contributed by atoms with E-state index in [-0.39, 0.29) is 17.8 Å². The minimum absolute atomic E-state index is 0.162. The zero-order chi connectivity index (χ0) is 19.1. The number of amides is 2. The molecule has 0 aromatic heterocycles. The minimum Gasteiger partial charge on any atom is -0.465 e. The molecule has 8 heteroatoms. The topological polar surface area (TPSA) is 87.7 Å². The van der Waals surface area contributed by atoms with Gasteiger partial charge in [0, 0.05) is 11.3 Å². The van der Waals surface area contributed by atoms with Crippen molar-refractivity contribution in [3.8, 4) is 5.75 Å². The van der Waals surface area contributed by atoms with Crippen molar-refractivity contribution >= 4 is 17.7 Å². The first-order valence-electron chi connectivity index (χ1n) is 7.53. The average Bonchev–Trinajstić information content (AvgIpc) is 2.61. The van der Waals surface area contributed by atoms with Crippen molar-refractivity contribution in [2.45, 2.75) is 13.0 Å². The van der Waals surface area contributed by atoms with Crippen LogP contribution < -0.4 is 15.4 Å². The molecule has 0 aliphatic carbocycles. The standard InChI is InChI=1S/C18H16F2N2O4/c1-11(21-18(24)25)16(10-19)26-15-8-2-12(3-9-15)17(23)22-14-6-4-13(20)5-7-14/h2-11,21H,1H3,(H,22,23)(H,24,25). The third-order valence-electron chi connectivity index (χ3n) is 3.33. The number of carbonyl (C=O) groups is 2. The highest BCUT2D eigenvalue weighted by Crippen LogP contribution is 2.18. The average molecular weight is 362 g/mol. The summed E-state index contributed by atoms with van der Waals surface area (Å²) in [5.74, 6) is -0.819. The van der Waals surface area contributed by atoms with Gasteiger partial charge >= 0.3 is 6.09 Å². The van der Waals surface area contributed by atoms with E-state index in [9.17, 15) is 18.4 Å². The number of hydrogen-bond acceptors (Lipinski definition) is 3. The third kappa shape index (κ3) is 5.30. The van der Waals surface area contributed by atoms with Crippen LogP contribution in [-0.4, -0.2) is 23.1 Å². The Morgan fingerprint density at radius 1 is 1.12 bits per heavy atom. The number of halogens is 2. The fourth-order valence-corrected chi connectivity index (χ4v) is 2.01. The summed E-state index contributed by atoms with van der Waals surface area (Å²) in [5, 5.41) is 13.3. The molecule has 3 N–H and O–H groups in total. The fourth-order valence-electron chi connectivity index (χ4n) is 2.01. The van der Waals surface area contributed by atoms with E-state index in [0.717, 1.165) is 0 Å². The van der Waals surface area contributed by atoms with Gasteiger partial charge in [0.1, 0.15) is 17.9 Å². The number of ether oxygens (including phenoxy) is 1. The van der Waals surface area contributed by atoms with E-state index in [1.165, 1.54) is 55.5 Å². The van der Waals surface area contributed by atoms with Gasteiger partial charge in [-0.25, -0.2) is 13.6 Å². The number of benzene rings is 2. The Balaban J connectivity index is 2.01. The highest BCUT2D eigenvalue weighted by atomic mass is 19.1. The summed E-state index contributed by atoms with van der Waals surface area (Å²) in [6.45, 7) is 1.42. The predicted molar refractivity (Wildman–Crippen MR) is 91.2 cm³/mol. The second-order valence-corrected chi connectivity index (χ2v) is 5.27. The lowest BCUT2D eigenvalue weighted by atomic mass is 10.2. The first-order chi connectivity index (χ1) is 12.4. The van der Waals surface area contributed by atoms with E-state index in [1.54, 1.807) is 0 Å². The Kier molecular flexibility index (Phi) is 6.26. The van der Waals surface area contributed by atoms with Crippen molar-refractivity contribution < 1.29 is 28.2 Å². The van der Waals surface area contributed by atoms with Crippen LogP contribution in [0.25, 0.3) is 0 Å². The van der Waals surface area contributed by atoms with E-state index in [0.29, 0.717) is 11.3 Å². The monoisotopic (exact) mass is 362 g/mol. The number of rotatable bonds is 6. The molecule has 2 aromatic carbocycles. The number of nitrogens with one attached hydrogen (secondary N) is 2. The number of hydrogen-bond donors (Lipinski definition) is 3. The second kappa shape index (κ2) is 8.61. The van der Waals surface area contributed by atoms with Gasteiger partial charge in [-0.15, -0.1) is 0 Å². The SMILES string of the molecule is CC(NC(=O)O)C(=CF)Oc1ccc(C(=O)Nc2ccc(F)cc2)cc1. The lowest BCUT2D eigenvalue weighted by Crippen LogP contribution is -2.34. The lowest BCUT2D eigenvalue weighted by molar-refractivity contribution is 0.102. The molecule has 0 heterocycles. The summed E-state index contributed by atoms with van der Waals surface area (Å²) in [6.07, 6.45) is -1.15.